The molecule has 0 radical (unpaired) electrons. The van der Waals surface area contributed by atoms with E-state index in [1.54, 1.807) is 12.1 Å². The molecule has 0 aliphatic rings. The Morgan fingerprint density at radius 1 is 1.24 bits per heavy atom. The fourth-order valence-electron chi connectivity index (χ4n) is 2.11. The number of nitrogens with zero attached hydrogens (tertiary/aromatic N) is 1. The second-order valence-corrected chi connectivity index (χ2v) is 5.91. The number of halogens is 1. The van der Waals surface area contributed by atoms with E-state index in [1.807, 2.05) is 32.0 Å². The SMILES string of the molecule is Cc1ccc(C)c(C(=O)Nc2nc3c(F)cccc3s2)c1. The third kappa shape index (κ3) is 2.64. The summed E-state index contributed by atoms with van der Waals surface area (Å²) >= 11 is 1.26. The second kappa shape index (κ2) is 5.26. The number of para-hydroxylation sites is 1. The highest BCUT2D eigenvalue weighted by molar-refractivity contribution is 7.22. The van der Waals surface area contributed by atoms with E-state index >= 15 is 0 Å². The number of carbonyl (C=O) groups excluding carboxylic acids is 1. The number of aryl methyl sites for hydroxylation is 2. The Kier molecular flexibility index (Phi) is 3.43. The lowest BCUT2D eigenvalue weighted by molar-refractivity contribution is 0.102. The zero-order valence-corrected chi connectivity index (χ0v) is 12.4. The van der Waals surface area contributed by atoms with Crippen LogP contribution in [-0.2, 0) is 0 Å². The Balaban J connectivity index is 1.93. The Morgan fingerprint density at radius 2 is 2.05 bits per heavy atom. The summed E-state index contributed by atoms with van der Waals surface area (Å²) in [5.74, 6) is -0.605. The Hall–Kier alpha value is -2.27. The lowest BCUT2D eigenvalue weighted by Crippen LogP contribution is -2.13. The second-order valence-electron chi connectivity index (χ2n) is 4.88. The van der Waals surface area contributed by atoms with Gasteiger partial charge in [0.25, 0.3) is 5.91 Å². The zero-order valence-electron chi connectivity index (χ0n) is 11.6. The summed E-state index contributed by atoms with van der Waals surface area (Å²) in [4.78, 5) is 16.5. The molecule has 21 heavy (non-hydrogen) atoms. The summed E-state index contributed by atoms with van der Waals surface area (Å²) in [6, 6.07) is 10.5. The zero-order chi connectivity index (χ0) is 15.0. The van der Waals surface area contributed by atoms with Crippen molar-refractivity contribution in [2.45, 2.75) is 13.8 Å². The predicted octanol–water partition coefficient (Wildman–Crippen LogP) is 4.30. The Labute approximate surface area is 125 Å². The first-order valence-corrected chi connectivity index (χ1v) is 7.30. The molecule has 0 atom stereocenters. The predicted molar refractivity (Wildman–Crippen MR) is 83.4 cm³/mol. The molecular formula is C16H13FN2OS. The van der Waals surface area contributed by atoms with Crippen molar-refractivity contribution in [3.05, 3.63) is 58.9 Å². The summed E-state index contributed by atoms with van der Waals surface area (Å²) in [6.07, 6.45) is 0. The minimum absolute atomic E-state index is 0.226. The maximum atomic E-state index is 13.6. The fourth-order valence-corrected chi connectivity index (χ4v) is 2.99. The van der Waals surface area contributed by atoms with Crippen molar-refractivity contribution in [2.75, 3.05) is 5.32 Å². The van der Waals surface area contributed by atoms with Gasteiger partial charge in [-0.05, 0) is 37.6 Å². The molecule has 5 heteroatoms. The number of hydrogen-bond donors (Lipinski definition) is 1. The molecule has 3 nitrogen and oxygen atoms in total. The highest BCUT2D eigenvalue weighted by Crippen LogP contribution is 2.28. The maximum absolute atomic E-state index is 13.6. The number of carbonyl (C=O) groups is 1. The topological polar surface area (TPSA) is 42.0 Å². The van der Waals surface area contributed by atoms with Gasteiger partial charge in [-0.15, -0.1) is 0 Å². The van der Waals surface area contributed by atoms with Crippen LogP contribution in [0.2, 0.25) is 0 Å². The molecule has 0 aliphatic heterocycles. The first-order chi connectivity index (χ1) is 10.0. The van der Waals surface area contributed by atoms with Gasteiger partial charge in [-0.25, -0.2) is 9.37 Å². The summed E-state index contributed by atoms with van der Waals surface area (Å²) in [6.45, 7) is 3.82. The van der Waals surface area contributed by atoms with E-state index < -0.39 is 0 Å². The average molecular weight is 300 g/mol. The highest BCUT2D eigenvalue weighted by Gasteiger charge is 2.13. The molecule has 0 aliphatic carbocycles. The van der Waals surface area contributed by atoms with Gasteiger partial charge in [-0.3, -0.25) is 10.1 Å². The van der Waals surface area contributed by atoms with Crippen LogP contribution in [0.4, 0.5) is 9.52 Å². The molecule has 1 aromatic heterocycles. The first kappa shape index (κ1) is 13.7. The van der Waals surface area contributed by atoms with Gasteiger partial charge in [0.1, 0.15) is 11.3 Å². The summed E-state index contributed by atoms with van der Waals surface area (Å²) < 4.78 is 14.3. The molecule has 0 unspecified atom stereocenters. The molecule has 0 spiro atoms. The van der Waals surface area contributed by atoms with Crippen LogP contribution in [0.25, 0.3) is 10.2 Å². The van der Waals surface area contributed by atoms with E-state index in [0.29, 0.717) is 20.9 Å². The van der Waals surface area contributed by atoms with Crippen LogP contribution in [0, 0.1) is 19.7 Å². The summed E-state index contributed by atoms with van der Waals surface area (Å²) in [7, 11) is 0. The monoisotopic (exact) mass is 300 g/mol. The standard InChI is InChI=1S/C16H13FN2OS/c1-9-6-7-10(2)11(8-9)15(20)19-16-18-14-12(17)4-3-5-13(14)21-16/h3-8H,1-2H3,(H,18,19,20). The van der Waals surface area contributed by atoms with Crippen LogP contribution in [0.15, 0.2) is 36.4 Å². The lowest BCUT2D eigenvalue weighted by atomic mass is 10.1. The molecule has 3 aromatic rings. The lowest BCUT2D eigenvalue weighted by Gasteiger charge is -2.06. The number of benzene rings is 2. The third-order valence-corrected chi connectivity index (χ3v) is 4.16. The smallest absolute Gasteiger partial charge is 0.257 e. The first-order valence-electron chi connectivity index (χ1n) is 6.48. The minimum Gasteiger partial charge on any atom is -0.298 e. The highest BCUT2D eigenvalue weighted by atomic mass is 32.1. The molecular weight excluding hydrogens is 287 g/mol. The number of fused-ring (bicyclic) bond motifs is 1. The largest absolute Gasteiger partial charge is 0.298 e. The van der Waals surface area contributed by atoms with Crippen LogP contribution >= 0.6 is 11.3 Å². The summed E-state index contributed by atoms with van der Waals surface area (Å²) in [5.41, 5.74) is 2.81. The number of rotatable bonds is 2. The van der Waals surface area contributed by atoms with E-state index in [4.69, 9.17) is 0 Å². The minimum atomic E-state index is -0.379. The molecule has 106 valence electrons. The van der Waals surface area contributed by atoms with Gasteiger partial charge in [0.05, 0.1) is 4.70 Å². The molecule has 0 fully saturated rings. The molecule has 0 saturated heterocycles. The molecule has 0 saturated carbocycles. The Morgan fingerprint density at radius 3 is 2.81 bits per heavy atom. The van der Waals surface area contributed by atoms with E-state index in [1.165, 1.54) is 17.4 Å². The van der Waals surface area contributed by atoms with Crippen LogP contribution in [0.5, 0.6) is 0 Å². The Bertz CT molecular complexity index is 841. The van der Waals surface area contributed by atoms with E-state index in [2.05, 4.69) is 10.3 Å². The number of aromatic nitrogens is 1. The van der Waals surface area contributed by atoms with Gasteiger partial charge in [-0.1, -0.05) is 35.1 Å². The van der Waals surface area contributed by atoms with Crippen LogP contribution in [0.3, 0.4) is 0 Å². The van der Waals surface area contributed by atoms with Gasteiger partial charge < -0.3 is 0 Å². The fraction of sp³-hybridized carbons (Fsp3) is 0.125. The van der Waals surface area contributed by atoms with E-state index in [0.717, 1.165) is 11.1 Å². The molecule has 2 aromatic carbocycles. The number of hydrogen-bond acceptors (Lipinski definition) is 3. The molecule has 1 N–H and O–H groups in total. The van der Waals surface area contributed by atoms with Gasteiger partial charge in [0.2, 0.25) is 0 Å². The third-order valence-electron chi connectivity index (χ3n) is 3.23. The van der Waals surface area contributed by atoms with Gasteiger partial charge >= 0.3 is 0 Å². The number of thiazole rings is 1. The van der Waals surface area contributed by atoms with Crippen molar-refractivity contribution in [3.63, 3.8) is 0 Å². The van der Waals surface area contributed by atoms with Gasteiger partial charge in [0, 0.05) is 5.56 Å². The quantitative estimate of drug-likeness (QED) is 0.766. The molecule has 0 bridgehead atoms. The number of nitrogens with one attached hydrogen (secondary N) is 1. The number of anilines is 1. The van der Waals surface area contributed by atoms with Crippen molar-refractivity contribution >= 4 is 32.6 Å². The maximum Gasteiger partial charge on any atom is 0.257 e. The van der Waals surface area contributed by atoms with E-state index in [-0.39, 0.29) is 11.7 Å². The molecule has 1 amide bonds. The summed E-state index contributed by atoms with van der Waals surface area (Å²) in [5, 5.41) is 3.15. The molecule has 1 heterocycles. The van der Waals surface area contributed by atoms with Crippen molar-refractivity contribution in [3.8, 4) is 0 Å². The van der Waals surface area contributed by atoms with Crippen LogP contribution < -0.4 is 5.32 Å². The van der Waals surface area contributed by atoms with Gasteiger partial charge in [0.15, 0.2) is 5.13 Å². The van der Waals surface area contributed by atoms with Crippen molar-refractivity contribution < 1.29 is 9.18 Å². The van der Waals surface area contributed by atoms with E-state index in [9.17, 15) is 9.18 Å². The van der Waals surface area contributed by atoms with Crippen molar-refractivity contribution in [2.24, 2.45) is 0 Å². The normalized spacial score (nSPS) is 10.8. The van der Waals surface area contributed by atoms with Crippen LogP contribution in [-0.4, -0.2) is 10.9 Å². The van der Waals surface area contributed by atoms with Crippen molar-refractivity contribution in [1.29, 1.82) is 0 Å². The average Bonchev–Trinajstić information content (AvgIpc) is 2.85. The molecule has 3 rings (SSSR count). The van der Waals surface area contributed by atoms with Crippen LogP contribution in [0.1, 0.15) is 21.5 Å². The van der Waals surface area contributed by atoms with Crippen molar-refractivity contribution in [1.82, 2.24) is 4.98 Å². The van der Waals surface area contributed by atoms with Gasteiger partial charge in [-0.2, -0.15) is 0 Å². The number of amides is 1.